The van der Waals surface area contributed by atoms with E-state index in [4.69, 9.17) is 11.6 Å². The zero-order valence-corrected chi connectivity index (χ0v) is 13.8. The first-order valence-corrected chi connectivity index (χ1v) is 7.72. The number of aromatic nitrogens is 3. The summed E-state index contributed by atoms with van der Waals surface area (Å²) in [4.78, 5) is 9.02. The number of hydrogen-bond acceptors (Lipinski definition) is 2. The van der Waals surface area contributed by atoms with Gasteiger partial charge < -0.3 is 4.57 Å². The summed E-state index contributed by atoms with van der Waals surface area (Å²) >= 11 is 5.96. The first-order chi connectivity index (χ1) is 11.1. The Kier molecular flexibility index (Phi) is 4.45. The van der Waals surface area contributed by atoms with Crippen LogP contribution in [-0.2, 0) is 6.54 Å². The van der Waals surface area contributed by atoms with Crippen molar-refractivity contribution in [1.82, 2.24) is 14.5 Å². The molecule has 2 aromatic heterocycles. The van der Waals surface area contributed by atoms with E-state index >= 15 is 0 Å². The lowest BCUT2D eigenvalue weighted by molar-refractivity contribution is 0.739. The van der Waals surface area contributed by atoms with Crippen molar-refractivity contribution in [2.24, 2.45) is 0 Å². The van der Waals surface area contributed by atoms with Crippen LogP contribution in [-0.4, -0.2) is 14.5 Å². The highest BCUT2D eigenvalue weighted by molar-refractivity contribution is 6.30. The molecule has 1 aromatic carbocycles. The minimum absolute atomic E-state index is 0.684. The van der Waals surface area contributed by atoms with Gasteiger partial charge in [-0.15, -0.1) is 0 Å². The number of benzene rings is 1. The van der Waals surface area contributed by atoms with Gasteiger partial charge in [-0.2, -0.15) is 0 Å². The van der Waals surface area contributed by atoms with Gasteiger partial charge in [0.2, 0.25) is 0 Å². The first kappa shape index (κ1) is 15.3. The van der Waals surface area contributed by atoms with E-state index in [-0.39, 0.29) is 0 Å². The fraction of sp³-hybridized carbons (Fsp3) is 0.158. The third-order valence-corrected chi connectivity index (χ3v) is 3.65. The van der Waals surface area contributed by atoms with Gasteiger partial charge in [-0.05, 0) is 50.1 Å². The molecule has 2 heterocycles. The molecule has 0 atom stereocenters. The number of nitrogens with zero attached hydrogens (tertiary/aromatic N) is 3. The van der Waals surface area contributed by atoms with Crippen LogP contribution in [0.1, 0.15) is 28.5 Å². The first-order valence-electron chi connectivity index (χ1n) is 7.34. The summed E-state index contributed by atoms with van der Waals surface area (Å²) in [5, 5.41) is 0.684. The lowest BCUT2D eigenvalue weighted by atomic mass is 10.2. The number of pyridine rings is 1. The van der Waals surface area contributed by atoms with Gasteiger partial charge >= 0.3 is 0 Å². The standard InChI is InChI=1S/C19H16ClN3/c1-14-5-3-8-18(21-14)12-23-13-19(22-15(23)2)10-9-16-6-4-7-17(20)11-16/h3-8,11,13H,12H2,1-2H3. The predicted octanol–water partition coefficient (Wildman–Crippen LogP) is 4.00. The van der Waals surface area contributed by atoms with Crippen LogP contribution >= 0.6 is 11.6 Å². The van der Waals surface area contributed by atoms with Crippen molar-refractivity contribution in [1.29, 1.82) is 0 Å². The van der Waals surface area contributed by atoms with Crippen LogP contribution in [0.3, 0.4) is 0 Å². The van der Waals surface area contributed by atoms with Gasteiger partial charge in [0.1, 0.15) is 11.5 Å². The van der Waals surface area contributed by atoms with Gasteiger partial charge in [0.25, 0.3) is 0 Å². The van der Waals surface area contributed by atoms with Gasteiger partial charge in [0.05, 0.1) is 12.2 Å². The van der Waals surface area contributed by atoms with Crippen molar-refractivity contribution >= 4 is 11.6 Å². The van der Waals surface area contributed by atoms with E-state index in [2.05, 4.69) is 26.4 Å². The Morgan fingerprint density at radius 1 is 1.04 bits per heavy atom. The molecule has 0 aliphatic rings. The molecule has 0 radical (unpaired) electrons. The van der Waals surface area contributed by atoms with Gasteiger partial charge in [-0.1, -0.05) is 29.7 Å². The SMILES string of the molecule is Cc1cccc(Cn2cc(C#Cc3cccc(Cl)c3)nc2C)n1. The van der Waals surface area contributed by atoms with Crippen molar-refractivity contribution in [3.8, 4) is 11.8 Å². The Labute approximate surface area is 141 Å². The maximum atomic E-state index is 5.96. The number of halogens is 1. The normalized spacial score (nSPS) is 10.2. The van der Waals surface area contributed by atoms with E-state index in [0.717, 1.165) is 28.5 Å². The summed E-state index contributed by atoms with van der Waals surface area (Å²) in [7, 11) is 0. The second-order valence-electron chi connectivity index (χ2n) is 5.33. The highest BCUT2D eigenvalue weighted by Gasteiger charge is 2.04. The molecule has 0 saturated heterocycles. The number of imidazole rings is 1. The molecule has 4 heteroatoms. The summed E-state index contributed by atoms with van der Waals surface area (Å²) in [6.45, 7) is 4.66. The van der Waals surface area contributed by atoms with E-state index < -0.39 is 0 Å². The van der Waals surface area contributed by atoms with Gasteiger partial charge in [-0.25, -0.2) is 4.98 Å². The minimum Gasteiger partial charge on any atom is -0.328 e. The molecule has 0 amide bonds. The Morgan fingerprint density at radius 3 is 2.65 bits per heavy atom. The summed E-state index contributed by atoms with van der Waals surface area (Å²) in [6, 6.07) is 13.5. The van der Waals surface area contributed by atoms with E-state index in [1.54, 1.807) is 0 Å². The highest BCUT2D eigenvalue weighted by atomic mass is 35.5. The van der Waals surface area contributed by atoms with E-state index in [1.165, 1.54) is 0 Å². The molecule has 0 spiro atoms. The average Bonchev–Trinajstić information content (AvgIpc) is 2.86. The molecule has 0 aliphatic carbocycles. The van der Waals surface area contributed by atoms with Crippen LogP contribution in [0.25, 0.3) is 0 Å². The van der Waals surface area contributed by atoms with Crippen LogP contribution in [0.2, 0.25) is 5.02 Å². The number of hydrogen-bond donors (Lipinski definition) is 0. The molecule has 0 aliphatic heterocycles. The van der Waals surface area contributed by atoms with Crippen molar-refractivity contribution in [2.45, 2.75) is 20.4 Å². The van der Waals surface area contributed by atoms with Gasteiger partial charge in [0.15, 0.2) is 0 Å². The average molecular weight is 322 g/mol. The number of aryl methyl sites for hydroxylation is 2. The Hall–Kier alpha value is -2.57. The Morgan fingerprint density at radius 2 is 1.87 bits per heavy atom. The van der Waals surface area contributed by atoms with E-state index in [9.17, 15) is 0 Å². The van der Waals surface area contributed by atoms with Gasteiger partial charge in [0, 0.05) is 22.5 Å². The lowest BCUT2D eigenvalue weighted by Gasteiger charge is -2.04. The monoisotopic (exact) mass is 321 g/mol. The summed E-state index contributed by atoms with van der Waals surface area (Å²) in [5.74, 6) is 7.10. The second kappa shape index (κ2) is 6.68. The molecule has 3 nitrogen and oxygen atoms in total. The zero-order chi connectivity index (χ0) is 16.2. The van der Waals surface area contributed by atoms with E-state index in [1.807, 2.05) is 62.5 Å². The fourth-order valence-electron chi connectivity index (χ4n) is 2.29. The molecule has 23 heavy (non-hydrogen) atoms. The van der Waals surface area contributed by atoms with Crippen molar-refractivity contribution in [3.63, 3.8) is 0 Å². The third-order valence-electron chi connectivity index (χ3n) is 3.41. The molecule has 0 unspecified atom stereocenters. The highest BCUT2D eigenvalue weighted by Crippen LogP contribution is 2.10. The van der Waals surface area contributed by atoms with Crippen molar-refractivity contribution in [3.05, 3.63) is 82.2 Å². The molecule has 0 saturated carbocycles. The largest absolute Gasteiger partial charge is 0.328 e. The van der Waals surface area contributed by atoms with Crippen molar-refractivity contribution in [2.75, 3.05) is 0 Å². The molecule has 3 aromatic rings. The summed E-state index contributed by atoms with van der Waals surface area (Å²) in [6.07, 6.45) is 1.96. The van der Waals surface area contributed by atoms with Crippen LogP contribution < -0.4 is 0 Å². The number of rotatable bonds is 2. The summed E-state index contributed by atoms with van der Waals surface area (Å²) in [5.41, 5.74) is 3.65. The Balaban J connectivity index is 1.81. The van der Waals surface area contributed by atoms with Crippen LogP contribution in [0.5, 0.6) is 0 Å². The van der Waals surface area contributed by atoms with Crippen molar-refractivity contribution < 1.29 is 0 Å². The molecule has 0 fully saturated rings. The molecular weight excluding hydrogens is 306 g/mol. The maximum Gasteiger partial charge on any atom is 0.131 e. The van der Waals surface area contributed by atoms with Crippen LogP contribution in [0.4, 0.5) is 0 Å². The topological polar surface area (TPSA) is 30.7 Å². The third kappa shape index (κ3) is 4.00. The van der Waals surface area contributed by atoms with E-state index in [0.29, 0.717) is 11.6 Å². The Bertz CT molecular complexity index is 900. The predicted molar refractivity (Wildman–Crippen MR) is 92.5 cm³/mol. The molecular formula is C19H16ClN3. The lowest BCUT2D eigenvalue weighted by Crippen LogP contribution is -2.03. The minimum atomic E-state index is 0.684. The molecule has 0 bridgehead atoms. The quantitative estimate of drug-likeness (QED) is 0.668. The molecule has 114 valence electrons. The molecule has 0 N–H and O–H groups in total. The smallest absolute Gasteiger partial charge is 0.131 e. The van der Waals surface area contributed by atoms with Gasteiger partial charge in [-0.3, -0.25) is 4.98 Å². The zero-order valence-electron chi connectivity index (χ0n) is 13.0. The molecule has 3 rings (SSSR count). The second-order valence-corrected chi connectivity index (χ2v) is 5.77. The maximum absolute atomic E-state index is 5.96. The van der Waals surface area contributed by atoms with Crippen LogP contribution in [0.15, 0.2) is 48.7 Å². The fourth-order valence-corrected chi connectivity index (χ4v) is 2.48. The van der Waals surface area contributed by atoms with Crippen LogP contribution in [0, 0.1) is 25.7 Å². The summed E-state index contributed by atoms with van der Waals surface area (Å²) < 4.78 is 2.06.